The lowest BCUT2D eigenvalue weighted by Gasteiger charge is -2.38. The molecule has 0 spiro atoms. The Hall–Kier alpha value is -1.84. The number of hydrogen-bond acceptors (Lipinski definition) is 4. The van der Waals surface area contributed by atoms with Gasteiger partial charge < -0.3 is 9.47 Å². The number of benzene rings is 1. The topological polar surface area (TPSA) is 52.6 Å². The minimum atomic E-state index is -0.663. The summed E-state index contributed by atoms with van der Waals surface area (Å²) in [5.74, 6) is 0.0838. The van der Waals surface area contributed by atoms with E-state index in [1.807, 2.05) is 39.0 Å². The number of rotatable bonds is 6. The van der Waals surface area contributed by atoms with Gasteiger partial charge in [0.25, 0.3) is 0 Å². The van der Waals surface area contributed by atoms with E-state index in [2.05, 4.69) is 0 Å². The molecule has 27 heavy (non-hydrogen) atoms. The van der Waals surface area contributed by atoms with E-state index in [0.29, 0.717) is 18.1 Å². The molecule has 0 radical (unpaired) electrons. The summed E-state index contributed by atoms with van der Waals surface area (Å²) in [6.07, 6.45) is 6.35. The first kappa shape index (κ1) is 19.9. The summed E-state index contributed by atoms with van der Waals surface area (Å²) in [5, 5.41) is 0. The van der Waals surface area contributed by atoms with Crippen LogP contribution in [0.25, 0.3) is 0 Å². The zero-order valence-electron chi connectivity index (χ0n) is 16.8. The molecule has 3 rings (SSSR count). The van der Waals surface area contributed by atoms with Gasteiger partial charge in [-0.15, -0.1) is 0 Å². The summed E-state index contributed by atoms with van der Waals surface area (Å²) < 4.78 is 11.7. The van der Waals surface area contributed by atoms with Crippen molar-refractivity contribution in [2.45, 2.75) is 71.8 Å². The average molecular weight is 373 g/mol. The molecule has 4 nitrogen and oxygen atoms in total. The van der Waals surface area contributed by atoms with Crippen LogP contribution in [0.2, 0.25) is 0 Å². The Morgan fingerprint density at radius 2 is 1.81 bits per heavy atom. The molecule has 0 bridgehead atoms. The number of carbonyl (C=O) groups is 2. The second-order valence-electron chi connectivity index (χ2n) is 8.62. The first-order valence-corrected chi connectivity index (χ1v) is 10.4. The molecule has 2 fully saturated rings. The van der Waals surface area contributed by atoms with Crippen molar-refractivity contribution in [1.82, 2.24) is 0 Å². The Morgan fingerprint density at radius 1 is 1.11 bits per heavy atom. The van der Waals surface area contributed by atoms with E-state index in [4.69, 9.17) is 9.47 Å². The van der Waals surface area contributed by atoms with Gasteiger partial charge in [0.1, 0.15) is 11.5 Å². The highest BCUT2D eigenvalue weighted by atomic mass is 16.6. The molecule has 0 aliphatic heterocycles. The molecule has 0 saturated heterocycles. The molecule has 2 aliphatic rings. The Bertz CT molecular complexity index is 675. The van der Waals surface area contributed by atoms with Crippen molar-refractivity contribution >= 4 is 11.9 Å². The van der Waals surface area contributed by atoms with Crippen LogP contribution in [0, 0.1) is 24.2 Å². The summed E-state index contributed by atoms with van der Waals surface area (Å²) in [6, 6.07) is 7.46. The summed E-state index contributed by atoms with van der Waals surface area (Å²) >= 11 is 0. The Kier molecular flexibility index (Phi) is 6.23. The molecule has 2 unspecified atom stereocenters. The molecule has 0 amide bonds. The highest BCUT2D eigenvalue weighted by Crippen LogP contribution is 2.52. The zero-order valence-corrected chi connectivity index (χ0v) is 16.8. The third kappa shape index (κ3) is 4.04. The van der Waals surface area contributed by atoms with Crippen molar-refractivity contribution in [2.75, 3.05) is 6.61 Å². The fourth-order valence-electron chi connectivity index (χ4n) is 4.84. The van der Waals surface area contributed by atoms with Gasteiger partial charge in [-0.2, -0.15) is 0 Å². The van der Waals surface area contributed by atoms with Crippen molar-refractivity contribution in [3.63, 3.8) is 0 Å². The number of esters is 2. The van der Waals surface area contributed by atoms with E-state index in [-0.39, 0.29) is 24.0 Å². The first-order valence-electron chi connectivity index (χ1n) is 10.4. The van der Waals surface area contributed by atoms with Crippen molar-refractivity contribution in [2.24, 2.45) is 17.3 Å². The van der Waals surface area contributed by atoms with Crippen molar-refractivity contribution < 1.29 is 19.1 Å². The summed E-state index contributed by atoms with van der Waals surface area (Å²) in [6.45, 7) is 6.41. The lowest BCUT2D eigenvalue weighted by Crippen LogP contribution is -2.47. The van der Waals surface area contributed by atoms with E-state index in [1.165, 1.54) is 0 Å². The molecule has 0 aromatic heterocycles. The predicted octanol–water partition coefficient (Wildman–Crippen LogP) is 5.08. The summed E-state index contributed by atoms with van der Waals surface area (Å²) in [4.78, 5) is 26.1. The molecule has 2 aliphatic carbocycles. The van der Waals surface area contributed by atoms with Gasteiger partial charge in [0.15, 0.2) is 0 Å². The largest absolute Gasteiger partial charge is 0.465 e. The molecule has 1 aromatic carbocycles. The van der Waals surface area contributed by atoms with Gasteiger partial charge in [0, 0.05) is 0 Å². The third-order valence-electron chi connectivity index (χ3n) is 6.26. The third-order valence-corrected chi connectivity index (χ3v) is 6.26. The van der Waals surface area contributed by atoms with Crippen LogP contribution < -0.4 is 0 Å². The van der Waals surface area contributed by atoms with Crippen LogP contribution in [0.15, 0.2) is 24.3 Å². The van der Waals surface area contributed by atoms with Crippen molar-refractivity contribution in [3.8, 4) is 0 Å². The van der Waals surface area contributed by atoms with Crippen LogP contribution in [0.3, 0.4) is 0 Å². The minimum absolute atomic E-state index is 0.150. The standard InChI is InChI=1S/C23H32O4/c1-16(2)15-26-22(25)23(18-10-5-6-11-18)14-8-13-20(23)27-21(24)19-12-7-4-9-17(19)3/h4,7,9,12,16,18,20H,5-6,8,10-11,13-15H2,1-3H3. The predicted molar refractivity (Wildman–Crippen MR) is 104 cm³/mol. The van der Waals surface area contributed by atoms with Crippen LogP contribution in [-0.2, 0) is 14.3 Å². The van der Waals surface area contributed by atoms with Gasteiger partial charge in [-0.3, -0.25) is 4.79 Å². The molecule has 1 aromatic rings. The highest BCUT2D eigenvalue weighted by molar-refractivity contribution is 5.91. The van der Waals surface area contributed by atoms with Crippen LogP contribution >= 0.6 is 0 Å². The van der Waals surface area contributed by atoms with Crippen LogP contribution in [-0.4, -0.2) is 24.6 Å². The zero-order chi connectivity index (χ0) is 19.4. The molecule has 0 heterocycles. The summed E-state index contributed by atoms with van der Waals surface area (Å²) in [5.41, 5.74) is 0.818. The Morgan fingerprint density at radius 3 is 2.48 bits per heavy atom. The van der Waals surface area contributed by atoms with Crippen LogP contribution in [0.1, 0.15) is 74.7 Å². The first-order chi connectivity index (χ1) is 12.9. The van der Waals surface area contributed by atoms with E-state index < -0.39 is 5.41 Å². The fourth-order valence-corrected chi connectivity index (χ4v) is 4.84. The summed E-state index contributed by atoms with van der Waals surface area (Å²) in [7, 11) is 0. The van der Waals surface area contributed by atoms with E-state index >= 15 is 0 Å². The van der Waals surface area contributed by atoms with Gasteiger partial charge >= 0.3 is 11.9 Å². The maximum Gasteiger partial charge on any atom is 0.338 e. The van der Waals surface area contributed by atoms with E-state index in [0.717, 1.165) is 50.5 Å². The fraction of sp³-hybridized carbons (Fsp3) is 0.652. The molecule has 2 atom stereocenters. The second-order valence-corrected chi connectivity index (χ2v) is 8.62. The van der Waals surface area contributed by atoms with Gasteiger partial charge in [0.2, 0.25) is 0 Å². The average Bonchev–Trinajstić information content (AvgIpc) is 3.30. The highest BCUT2D eigenvalue weighted by Gasteiger charge is 2.57. The normalized spacial score (nSPS) is 25.7. The van der Waals surface area contributed by atoms with Gasteiger partial charge in [0.05, 0.1) is 12.2 Å². The lowest BCUT2D eigenvalue weighted by molar-refractivity contribution is -0.168. The molecule has 2 saturated carbocycles. The smallest absolute Gasteiger partial charge is 0.338 e. The van der Waals surface area contributed by atoms with E-state index in [9.17, 15) is 9.59 Å². The van der Waals surface area contributed by atoms with E-state index in [1.54, 1.807) is 6.07 Å². The monoisotopic (exact) mass is 372 g/mol. The molecular formula is C23H32O4. The van der Waals surface area contributed by atoms with Crippen LogP contribution in [0.5, 0.6) is 0 Å². The lowest BCUT2D eigenvalue weighted by atomic mass is 9.71. The quantitative estimate of drug-likeness (QED) is 0.654. The van der Waals surface area contributed by atoms with Gasteiger partial charge in [-0.25, -0.2) is 4.79 Å². The minimum Gasteiger partial charge on any atom is -0.465 e. The number of hydrogen-bond donors (Lipinski definition) is 0. The maximum absolute atomic E-state index is 13.2. The van der Waals surface area contributed by atoms with Crippen molar-refractivity contribution in [3.05, 3.63) is 35.4 Å². The Balaban J connectivity index is 1.84. The Labute approximate surface area is 162 Å². The molecular weight excluding hydrogens is 340 g/mol. The van der Waals surface area contributed by atoms with Gasteiger partial charge in [-0.05, 0) is 62.5 Å². The van der Waals surface area contributed by atoms with Gasteiger partial charge in [-0.1, -0.05) is 44.9 Å². The van der Waals surface area contributed by atoms with Crippen molar-refractivity contribution in [1.29, 1.82) is 0 Å². The number of ether oxygens (including phenoxy) is 2. The van der Waals surface area contributed by atoms with Crippen LogP contribution in [0.4, 0.5) is 0 Å². The molecule has 0 N–H and O–H groups in total. The molecule has 148 valence electrons. The number of carbonyl (C=O) groups excluding carboxylic acids is 2. The second kappa shape index (κ2) is 8.45. The SMILES string of the molecule is Cc1ccccc1C(=O)OC1CCCC1(C(=O)OCC(C)C)C1CCCC1. The maximum atomic E-state index is 13.2. The molecule has 4 heteroatoms. The number of aryl methyl sites for hydroxylation is 1.